The first-order chi connectivity index (χ1) is 8.16. The standard InChI is InChI=1S/C12H19N3OS/c1-9-14-7-10(17-9)8-15(2)12(16)11-5-3-4-6-13-11/h7,11,13H,3-6,8H2,1-2H3/t11-/m1/s1. The van der Waals surface area contributed by atoms with Crippen LogP contribution in [0.2, 0.25) is 0 Å². The highest BCUT2D eigenvalue weighted by Crippen LogP contribution is 2.15. The van der Waals surface area contributed by atoms with E-state index in [-0.39, 0.29) is 11.9 Å². The van der Waals surface area contributed by atoms with Gasteiger partial charge in [0.15, 0.2) is 0 Å². The second kappa shape index (κ2) is 5.60. The lowest BCUT2D eigenvalue weighted by molar-refractivity contribution is -0.133. The number of hydrogen-bond acceptors (Lipinski definition) is 4. The fourth-order valence-corrected chi connectivity index (χ4v) is 2.97. The van der Waals surface area contributed by atoms with Crippen molar-refractivity contribution < 1.29 is 4.79 Å². The Morgan fingerprint density at radius 3 is 3.06 bits per heavy atom. The summed E-state index contributed by atoms with van der Waals surface area (Å²) in [6, 6.07) is 0.0165. The lowest BCUT2D eigenvalue weighted by atomic mass is 10.0. The van der Waals surface area contributed by atoms with E-state index >= 15 is 0 Å². The first-order valence-corrected chi connectivity index (χ1v) is 6.88. The Morgan fingerprint density at radius 2 is 2.47 bits per heavy atom. The first kappa shape index (κ1) is 12.5. The predicted octanol–water partition coefficient (Wildman–Crippen LogP) is 1.55. The lowest BCUT2D eigenvalue weighted by Gasteiger charge is -2.27. The number of aromatic nitrogens is 1. The smallest absolute Gasteiger partial charge is 0.239 e. The van der Waals surface area contributed by atoms with Gasteiger partial charge in [-0.1, -0.05) is 6.42 Å². The molecule has 17 heavy (non-hydrogen) atoms. The molecule has 0 aromatic carbocycles. The third-order valence-corrected chi connectivity index (χ3v) is 3.94. The Morgan fingerprint density at radius 1 is 1.65 bits per heavy atom. The van der Waals surface area contributed by atoms with Gasteiger partial charge in [-0.15, -0.1) is 11.3 Å². The summed E-state index contributed by atoms with van der Waals surface area (Å²) in [6.45, 7) is 3.62. The molecule has 0 aliphatic carbocycles. The summed E-state index contributed by atoms with van der Waals surface area (Å²) >= 11 is 1.65. The van der Waals surface area contributed by atoms with E-state index in [0.29, 0.717) is 6.54 Å². The molecule has 1 fully saturated rings. The zero-order valence-corrected chi connectivity index (χ0v) is 11.2. The summed E-state index contributed by atoms with van der Waals surface area (Å²) < 4.78 is 0. The van der Waals surface area contributed by atoms with E-state index in [1.54, 1.807) is 16.2 Å². The maximum Gasteiger partial charge on any atom is 0.239 e. The van der Waals surface area contributed by atoms with Gasteiger partial charge >= 0.3 is 0 Å². The second-order valence-electron chi connectivity index (χ2n) is 4.54. The number of carbonyl (C=O) groups excluding carboxylic acids is 1. The molecule has 94 valence electrons. The van der Waals surface area contributed by atoms with Crippen molar-refractivity contribution in [1.29, 1.82) is 0 Å². The molecule has 1 aliphatic heterocycles. The van der Waals surface area contributed by atoms with Crippen molar-refractivity contribution in [3.63, 3.8) is 0 Å². The molecule has 1 amide bonds. The minimum absolute atomic E-state index is 0.0165. The second-order valence-corrected chi connectivity index (χ2v) is 5.86. The number of thiazole rings is 1. The Bertz CT molecular complexity index is 385. The third-order valence-electron chi connectivity index (χ3n) is 3.05. The molecule has 2 rings (SSSR count). The largest absolute Gasteiger partial charge is 0.339 e. The number of aryl methyl sites for hydroxylation is 1. The number of nitrogens with zero attached hydrogens (tertiary/aromatic N) is 2. The molecule has 0 unspecified atom stereocenters. The summed E-state index contributed by atoms with van der Waals surface area (Å²) in [4.78, 5) is 19.3. The molecule has 1 saturated heterocycles. The maximum absolute atomic E-state index is 12.2. The van der Waals surface area contributed by atoms with Gasteiger partial charge in [-0.05, 0) is 26.3 Å². The molecule has 5 heteroatoms. The predicted molar refractivity (Wildman–Crippen MR) is 69.0 cm³/mol. The van der Waals surface area contributed by atoms with Crippen molar-refractivity contribution in [3.8, 4) is 0 Å². The number of likely N-dealkylation sites (N-methyl/N-ethyl adjacent to an activating group) is 1. The van der Waals surface area contributed by atoms with E-state index in [9.17, 15) is 4.79 Å². The van der Waals surface area contributed by atoms with Crippen LogP contribution < -0.4 is 5.32 Å². The van der Waals surface area contributed by atoms with Crippen LogP contribution in [0, 0.1) is 6.92 Å². The van der Waals surface area contributed by atoms with E-state index in [1.807, 2.05) is 20.2 Å². The molecule has 4 nitrogen and oxygen atoms in total. The van der Waals surface area contributed by atoms with Crippen LogP contribution in [0.5, 0.6) is 0 Å². The van der Waals surface area contributed by atoms with Crippen LogP contribution in [0.3, 0.4) is 0 Å². The van der Waals surface area contributed by atoms with Crippen LogP contribution in [-0.2, 0) is 11.3 Å². The van der Waals surface area contributed by atoms with Gasteiger partial charge in [0.2, 0.25) is 5.91 Å². The molecule has 0 bridgehead atoms. The SMILES string of the molecule is Cc1ncc(CN(C)C(=O)[C@H]2CCCCN2)s1. The van der Waals surface area contributed by atoms with Crippen molar-refractivity contribution in [2.45, 2.75) is 38.8 Å². The van der Waals surface area contributed by atoms with Crippen molar-refractivity contribution in [2.24, 2.45) is 0 Å². The molecule has 0 spiro atoms. The molecule has 2 heterocycles. The number of carbonyl (C=O) groups is 1. The molecule has 1 aromatic heterocycles. The summed E-state index contributed by atoms with van der Waals surface area (Å²) in [6.07, 6.45) is 5.15. The van der Waals surface area contributed by atoms with Gasteiger partial charge in [-0.3, -0.25) is 4.79 Å². The average molecular weight is 253 g/mol. The van der Waals surface area contributed by atoms with Crippen LogP contribution in [0.15, 0.2) is 6.20 Å². The van der Waals surface area contributed by atoms with Gasteiger partial charge in [0, 0.05) is 18.1 Å². The number of piperidine rings is 1. The van der Waals surface area contributed by atoms with Crippen molar-refractivity contribution in [2.75, 3.05) is 13.6 Å². The van der Waals surface area contributed by atoms with Crippen LogP contribution >= 0.6 is 11.3 Å². The Balaban J connectivity index is 1.90. The van der Waals surface area contributed by atoms with Crippen LogP contribution in [0.25, 0.3) is 0 Å². The van der Waals surface area contributed by atoms with Crippen molar-refractivity contribution in [3.05, 3.63) is 16.1 Å². The fraction of sp³-hybridized carbons (Fsp3) is 0.667. The Kier molecular flexibility index (Phi) is 4.12. The van der Waals surface area contributed by atoms with Crippen LogP contribution in [-0.4, -0.2) is 35.4 Å². The fourth-order valence-electron chi connectivity index (χ4n) is 2.12. The van der Waals surface area contributed by atoms with Crippen LogP contribution in [0.1, 0.15) is 29.1 Å². The minimum Gasteiger partial charge on any atom is -0.339 e. The quantitative estimate of drug-likeness (QED) is 0.889. The molecule has 1 N–H and O–H groups in total. The first-order valence-electron chi connectivity index (χ1n) is 6.06. The summed E-state index contributed by atoms with van der Waals surface area (Å²) in [5, 5.41) is 4.34. The zero-order valence-electron chi connectivity index (χ0n) is 10.4. The van der Waals surface area contributed by atoms with Gasteiger partial charge in [-0.2, -0.15) is 0 Å². The minimum atomic E-state index is 0.0165. The molecular weight excluding hydrogens is 234 g/mol. The third kappa shape index (κ3) is 3.26. The highest BCUT2D eigenvalue weighted by atomic mass is 32.1. The summed E-state index contributed by atoms with van der Waals surface area (Å²) in [5.41, 5.74) is 0. The highest BCUT2D eigenvalue weighted by Gasteiger charge is 2.23. The van der Waals surface area contributed by atoms with Gasteiger partial charge in [0.05, 0.1) is 17.6 Å². The molecule has 0 saturated carbocycles. The van der Waals surface area contributed by atoms with Gasteiger partial charge < -0.3 is 10.2 Å². The number of rotatable bonds is 3. The van der Waals surface area contributed by atoms with E-state index in [2.05, 4.69) is 10.3 Å². The van der Waals surface area contributed by atoms with Crippen molar-refractivity contribution in [1.82, 2.24) is 15.2 Å². The monoisotopic (exact) mass is 253 g/mol. The lowest BCUT2D eigenvalue weighted by Crippen LogP contribution is -2.46. The number of hydrogen-bond donors (Lipinski definition) is 1. The van der Waals surface area contributed by atoms with Crippen molar-refractivity contribution >= 4 is 17.2 Å². The average Bonchev–Trinajstić information content (AvgIpc) is 2.75. The summed E-state index contributed by atoms with van der Waals surface area (Å²) in [7, 11) is 1.87. The molecular formula is C12H19N3OS. The summed E-state index contributed by atoms with van der Waals surface area (Å²) in [5.74, 6) is 0.204. The van der Waals surface area contributed by atoms with Gasteiger partial charge in [0.1, 0.15) is 0 Å². The molecule has 0 radical (unpaired) electrons. The zero-order chi connectivity index (χ0) is 12.3. The highest BCUT2D eigenvalue weighted by molar-refractivity contribution is 7.11. The number of nitrogens with one attached hydrogen (secondary N) is 1. The molecule has 1 aliphatic rings. The molecule has 1 atom stereocenters. The van der Waals surface area contributed by atoms with E-state index in [0.717, 1.165) is 29.3 Å². The van der Waals surface area contributed by atoms with Gasteiger partial charge in [0.25, 0.3) is 0 Å². The topological polar surface area (TPSA) is 45.2 Å². The van der Waals surface area contributed by atoms with Crippen LogP contribution in [0.4, 0.5) is 0 Å². The van der Waals surface area contributed by atoms with Gasteiger partial charge in [-0.25, -0.2) is 4.98 Å². The molecule has 1 aromatic rings. The Hall–Kier alpha value is -0.940. The maximum atomic E-state index is 12.2. The van der Waals surface area contributed by atoms with E-state index < -0.39 is 0 Å². The number of amides is 1. The van der Waals surface area contributed by atoms with E-state index in [4.69, 9.17) is 0 Å². The van der Waals surface area contributed by atoms with E-state index in [1.165, 1.54) is 6.42 Å². The Labute approximate surface area is 106 Å². The normalized spacial score (nSPS) is 20.2.